The molecule has 2 aromatic carbocycles. The Bertz CT molecular complexity index is 782. The minimum Gasteiger partial charge on any atom is -0.480 e. The van der Waals surface area contributed by atoms with Crippen molar-refractivity contribution in [2.24, 2.45) is 11.5 Å². The fourth-order valence-electron chi connectivity index (χ4n) is 3.27. The number of carbonyl (C=O) groups is 2. The molecule has 0 spiro atoms. The van der Waals surface area contributed by atoms with Crippen LogP contribution in [0.2, 0.25) is 0 Å². The Balaban J connectivity index is 0.000000342. The lowest BCUT2D eigenvalue weighted by Gasteiger charge is -2.14. The van der Waals surface area contributed by atoms with E-state index in [9.17, 15) is 9.59 Å². The van der Waals surface area contributed by atoms with Gasteiger partial charge in [0, 0.05) is 12.1 Å². The number of carboxylic acid groups (broad SMARTS) is 1. The van der Waals surface area contributed by atoms with Gasteiger partial charge in [0.15, 0.2) is 0 Å². The summed E-state index contributed by atoms with van der Waals surface area (Å²) in [4.78, 5) is 22.6. The summed E-state index contributed by atoms with van der Waals surface area (Å²) in [7, 11) is 0. The van der Waals surface area contributed by atoms with Gasteiger partial charge in [-0.2, -0.15) is 0 Å². The number of nitrogens with one attached hydrogen (secondary N) is 1. The molecule has 33 heavy (non-hydrogen) atoms. The van der Waals surface area contributed by atoms with Gasteiger partial charge in [0.1, 0.15) is 6.04 Å². The maximum atomic E-state index is 11.6. The van der Waals surface area contributed by atoms with Gasteiger partial charge in [0.25, 0.3) is 0 Å². The molecule has 0 aliphatic heterocycles. The van der Waals surface area contributed by atoms with Gasteiger partial charge in [-0.1, -0.05) is 55.3 Å². The lowest BCUT2D eigenvalue weighted by Crippen LogP contribution is -2.40. The molecule has 0 bridgehead atoms. The van der Waals surface area contributed by atoms with Gasteiger partial charge >= 0.3 is 5.97 Å². The van der Waals surface area contributed by atoms with E-state index < -0.39 is 12.0 Å². The molecule has 0 saturated heterocycles. The van der Waals surface area contributed by atoms with E-state index in [1.54, 1.807) is 0 Å². The van der Waals surface area contributed by atoms with Gasteiger partial charge in [-0.05, 0) is 74.9 Å². The van der Waals surface area contributed by atoms with Crippen molar-refractivity contribution < 1.29 is 14.7 Å². The van der Waals surface area contributed by atoms with Crippen LogP contribution in [0.4, 0.5) is 5.69 Å². The molecule has 1 amide bonds. The summed E-state index contributed by atoms with van der Waals surface area (Å²) in [5.74, 6) is -1.17. The lowest BCUT2D eigenvalue weighted by molar-refractivity contribution is -0.142. The average molecular weight is 457 g/mol. The Kier molecular flexibility index (Phi) is 15.0. The third kappa shape index (κ3) is 14.0. The van der Waals surface area contributed by atoms with E-state index in [2.05, 4.69) is 41.7 Å². The van der Waals surface area contributed by atoms with Crippen LogP contribution in [0.3, 0.4) is 0 Å². The van der Waals surface area contributed by atoms with E-state index in [1.807, 2.05) is 18.2 Å². The van der Waals surface area contributed by atoms with Crippen molar-refractivity contribution in [1.82, 2.24) is 5.32 Å². The smallest absolute Gasteiger partial charge is 0.326 e. The molecule has 182 valence electrons. The van der Waals surface area contributed by atoms with Crippen LogP contribution in [0.1, 0.15) is 62.5 Å². The third-order valence-corrected chi connectivity index (χ3v) is 5.17. The van der Waals surface area contributed by atoms with Crippen LogP contribution in [0.5, 0.6) is 0 Å². The first-order valence-corrected chi connectivity index (χ1v) is 11.8. The standard InChI is InChI=1S/C13H27N3O3.C13H13N/c14-9-5-2-1-3-8-12(17)16-11(13(18)19)7-4-6-10-15;14-13-8-6-12(7-9-13)10-11-4-2-1-3-5-11/h11H,1-10,14-15H2,(H,16,17)(H,18,19);1-9H,10,14H2/t11-;/m0./s1. The number of carboxylic acids is 1. The largest absolute Gasteiger partial charge is 0.480 e. The zero-order chi connectivity index (χ0) is 24.3. The summed E-state index contributed by atoms with van der Waals surface area (Å²) < 4.78 is 0. The number of unbranched alkanes of at least 4 members (excludes halogenated alkanes) is 4. The quantitative estimate of drug-likeness (QED) is 0.217. The number of carbonyl (C=O) groups excluding carboxylic acids is 1. The van der Waals surface area contributed by atoms with Crippen molar-refractivity contribution in [3.05, 3.63) is 65.7 Å². The highest BCUT2D eigenvalue weighted by Gasteiger charge is 2.18. The number of hydrogen-bond donors (Lipinski definition) is 5. The van der Waals surface area contributed by atoms with Gasteiger partial charge in [-0.25, -0.2) is 4.79 Å². The average Bonchev–Trinajstić information content (AvgIpc) is 2.81. The van der Waals surface area contributed by atoms with E-state index in [4.69, 9.17) is 22.3 Å². The Morgan fingerprint density at radius 3 is 1.97 bits per heavy atom. The second kappa shape index (κ2) is 17.6. The lowest BCUT2D eigenvalue weighted by atomic mass is 10.1. The maximum Gasteiger partial charge on any atom is 0.326 e. The van der Waals surface area contributed by atoms with Crippen LogP contribution in [-0.2, 0) is 16.0 Å². The molecule has 0 aliphatic carbocycles. The van der Waals surface area contributed by atoms with Gasteiger partial charge < -0.3 is 27.6 Å². The second-order valence-corrected chi connectivity index (χ2v) is 8.10. The van der Waals surface area contributed by atoms with Gasteiger partial charge in [-0.3, -0.25) is 4.79 Å². The maximum absolute atomic E-state index is 11.6. The summed E-state index contributed by atoms with van der Waals surface area (Å²) in [6, 6.07) is 17.7. The number of nitrogen functional groups attached to an aromatic ring is 1. The van der Waals surface area contributed by atoms with Crippen LogP contribution in [0.15, 0.2) is 54.6 Å². The molecule has 0 saturated carbocycles. The SMILES string of the molecule is NCCCCCCC(=O)N[C@@H](CCCCN)C(=O)O.Nc1ccc(Cc2ccccc2)cc1. The number of aliphatic carboxylic acids is 1. The minimum absolute atomic E-state index is 0.187. The van der Waals surface area contributed by atoms with Crippen molar-refractivity contribution >= 4 is 17.6 Å². The summed E-state index contributed by atoms with van der Waals surface area (Å²) in [6.07, 6.45) is 7.00. The van der Waals surface area contributed by atoms with Crippen molar-refractivity contribution in [2.75, 3.05) is 18.8 Å². The van der Waals surface area contributed by atoms with Crippen LogP contribution in [0, 0.1) is 0 Å². The molecule has 0 aliphatic rings. The molecule has 2 rings (SSSR count). The number of rotatable bonds is 14. The van der Waals surface area contributed by atoms with Crippen molar-refractivity contribution in [1.29, 1.82) is 0 Å². The molecule has 2 aromatic rings. The molecule has 7 heteroatoms. The van der Waals surface area contributed by atoms with Crippen LogP contribution < -0.4 is 22.5 Å². The number of nitrogens with two attached hydrogens (primary N) is 3. The highest BCUT2D eigenvalue weighted by molar-refractivity contribution is 5.83. The van der Waals surface area contributed by atoms with Crippen LogP contribution >= 0.6 is 0 Å². The first kappa shape index (κ1) is 28.1. The fraction of sp³-hybridized carbons (Fsp3) is 0.462. The summed E-state index contributed by atoms with van der Waals surface area (Å²) in [5.41, 5.74) is 19.8. The molecule has 7 nitrogen and oxygen atoms in total. The molecular formula is C26H40N4O3. The molecule has 0 aromatic heterocycles. The van der Waals surface area contributed by atoms with E-state index in [1.165, 1.54) is 11.1 Å². The van der Waals surface area contributed by atoms with Crippen molar-refractivity contribution in [3.8, 4) is 0 Å². The molecule has 0 unspecified atom stereocenters. The van der Waals surface area contributed by atoms with Crippen molar-refractivity contribution in [2.45, 2.75) is 63.8 Å². The Hall–Kier alpha value is -2.90. The van der Waals surface area contributed by atoms with Gasteiger partial charge in [-0.15, -0.1) is 0 Å². The van der Waals surface area contributed by atoms with Gasteiger partial charge in [0.05, 0.1) is 0 Å². The minimum atomic E-state index is -0.978. The summed E-state index contributed by atoms with van der Waals surface area (Å²) in [5, 5.41) is 11.6. The Morgan fingerprint density at radius 1 is 0.788 bits per heavy atom. The van der Waals surface area contributed by atoms with E-state index in [0.717, 1.165) is 44.2 Å². The number of benzene rings is 2. The summed E-state index contributed by atoms with van der Waals surface area (Å²) in [6.45, 7) is 1.22. The van der Waals surface area contributed by atoms with Gasteiger partial charge in [0.2, 0.25) is 5.91 Å². The molecule has 8 N–H and O–H groups in total. The predicted octanol–water partition coefficient (Wildman–Crippen LogP) is 3.45. The van der Waals surface area contributed by atoms with Crippen LogP contribution in [0.25, 0.3) is 0 Å². The monoisotopic (exact) mass is 456 g/mol. The zero-order valence-electron chi connectivity index (χ0n) is 19.5. The number of hydrogen-bond acceptors (Lipinski definition) is 5. The van der Waals surface area contributed by atoms with E-state index in [-0.39, 0.29) is 5.91 Å². The molecule has 0 heterocycles. The number of anilines is 1. The first-order chi connectivity index (χ1) is 16.0. The normalized spacial score (nSPS) is 11.2. The molecular weight excluding hydrogens is 416 g/mol. The Morgan fingerprint density at radius 2 is 1.36 bits per heavy atom. The third-order valence-electron chi connectivity index (χ3n) is 5.17. The highest BCUT2D eigenvalue weighted by Crippen LogP contribution is 2.11. The molecule has 1 atom stereocenters. The van der Waals surface area contributed by atoms with Crippen molar-refractivity contribution in [3.63, 3.8) is 0 Å². The fourth-order valence-corrected chi connectivity index (χ4v) is 3.27. The predicted molar refractivity (Wildman–Crippen MR) is 135 cm³/mol. The zero-order valence-corrected chi connectivity index (χ0v) is 19.5. The Labute approximate surface area is 197 Å². The highest BCUT2D eigenvalue weighted by atomic mass is 16.4. The van der Waals surface area contributed by atoms with E-state index >= 15 is 0 Å². The molecule has 0 radical (unpaired) electrons. The number of amides is 1. The molecule has 0 fully saturated rings. The first-order valence-electron chi connectivity index (χ1n) is 11.8. The topological polar surface area (TPSA) is 144 Å². The second-order valence-electron chi connectivity index (χ2n) is 8.10. The summed E-state index contributed by atoms with van der Waals surface area (Å²) >= 11 is 0. The van der Waals surface area contributed by atoms with E-state index in [0.29, 0.717) is 32.4 Å². The van der Waals surface area contributed by atoms with Crippen LogP contribution in [-0.4, -0.2) is 36.1 Å².